The fourth-order valence-electron chi connectivity index (χ4n) is 0.659. The molecule has 0 spiro atoms. The first-order valence-corrected chi connectivity index (χ1v) is 2.65. The Balaban J connectivity index is 2.49. The van der Waals surface area contributed by atoms with Gasteiger partial charge in [0.15, 0.2) is 0 Å². The van der Waals surface area contributed by atoms with Gasteiger partial charge in [0.1, 0.15) is 6.29 Å². The lowest BCUT2D eigenvalue weighted by Gasteiger charge is -2.06. The summed E-state index contributed by atoms with van der Waals surface area (Å²) in [5.41, 5.74) is 0.774. The fraction of sp³-hybridized carbons (Fsp3) is 0.500. The Kier molecular flexibility index (Phi) is 1.80. The summed E-state index contributed by atoms with van der Waals surface area (Å²) >= 11 is 0. The molecule has 1 heterocycles. The van der Waals surface area contributed by atoms with E-state index in [0.717, 1.165) is 24.9 Å². The summed E-state index contributed by atoms with van der Waals surface area (Å²) in [7, 11) is 0. The zero-order chi connectivity index (χ0) is 5.82. The molecule has 0 atom stereocenters. The molecule has 1 aliphatic heterocycles. The Labute approximate surface area is 48.1 Å². The van der Waals surface area contributed by atoms with Gasteiger partial charge in [-0.15, -0.1) is 0 Å². The third kappa shape index (κ3) is 1.17. The average molecular weight is 112 g/mol. The maximum atomic E-state index is 10.0. The third-order valence-corrected chi connectivity index (χ3v) is 1.09. The van der Waals surface area contributed by atoms with Crippen molar-refractivity contribution >= 4 is 6.29 Å². The highest BCUT2D eigenvalue weighted by atomic mass is 16.5. The first-order valence-electron chi connectivity index (χ1n) is 2.65. The van der Waals surface area contributed by atoms with Crippen LogP contribution in [0.4, 0.5) is 0 Å². The molecule has 2 heteroatoms. The first-order chi connectivity index (χ1) is 3.93. The van der Waals surface area contributed by atoms with E-state index in [1.54, 1.807) is 0 Å². The van der Waals surface area contributed by atoms with Gasteiger partial charge in [-0.25, -0.2) is 0 Å². The molecule has 0 unspecified atom stereocenters. The number of hydrogen-bond acceptors (Lipinski definition) is 2. The minimum atomic E-state index is 0.503. The number of rotatable bonds is 1. The molecule has 0 aromatic rings. The van der Waals surface area contributed by atoms with Gasteiger partial charge in [-0.05, 0) is 6.42 Å². The van der Waals surface area contributed by atoms with Crippen molar-refractivity contribution in [3.63, 3.8) is 0 Å². The van der Waals surface area contributed by atoms with Gasteiger partial charge in [0, 0.05) is 5.57 Å². The van der Waals surface area contributed by atoms with E-state index in [1.807, 2.05) is 6.08 Å². The van der Waals surface area contributed by atoms with Gasteiger partial charge in [-0.1, -0.05) is 6.08 Å². The van der Waals surface area contributed by atoms with Gasteiger partial charge in [0.05, 0.1) is 13.2 Å². The van der Waals surface area contributed by atoms with Crippen LogP contribution in [-0.4, -0.2) is 19.5 Å². The summed E-state index contributed by atoms with van der Waals surface area (Å²) in [4.78, 5) is 10.0. The van der Waals surface area contributed by atoms with Crippen LogP contribution < -0.4 is 0 Å². The van der Waals surface area contributed by atoms with Crippen molar-refractivity contribution < 1.29 is 9.53 Å². The van der Waals surface area contributed by atoms with E-state index in [9.17, 15) is 4.79 Å². The van der Waals surface area contributed by atoms with Gasteiger partial charge in [0.25, 0.3) is 0 Å². The smallest absolute Gasteiger partial charge is 0.148 e. The summed E-state index contributed by atoms with van der Waals surface area (Å²) in [6, 6.07) is 0. The minimum Gasteiger partial charge on any atom is -0.376 e. The SMILES string of the molecule is O=CC1=CCCOC1. The Morgan fingerprint density at radius 1 is 1.75 bits per heavy atom. The summed E-state index contributed by atoms with van der Waals surface area (Å²) in [6.45, 7) is 1.26. The number of carbonyl (C=O) groups is 1. The lowest BCUT2D eigenvalue weighted by molar-refractivity contribution is -0.105. The van der Waals surface area contributed by atoms with E-state index in [0.29, 0.717) is 6.61 Å². The lowest BCUT2D eigenvalue weighted by atomic mass is 10.2. The molecular formula is C6H8O2. The molecular weight excluding hydrogens is 104 g/mol. The molecule has 0 aliphatic carbocycles. The van der Waals surface area contributed by atoms with Crippen LogP contribution in [0, 0.1) is 0 Å². The largest absolute Gasteiger partial charge is 0.376 e. The van der Waals surface area contributed by atoms with Crippen molar-refractivity contribution in [1.82, 2.24) is 0 Å². The summed E-state index contributed by atoms with van der Waals surface area (Å²) in [6.07, 6.45) is 3.64. The van der Waals surface area contributed by atoms with Gasteiger partial charge >= 0.3 is 0 Å². The highest BCUT2D eigenvalue weighted by Gasteiger charge is 1.99. The predicted octanol–water partition coefficient (Wildman–Crippen LogP) is 0.532. The molecule has 0 bridgehead atoms. The van der Waals surface area contributed by atoms with E-state index in [-0.39, 0.29) is 0 Å². The number of hydrogen-bond donors (Lipinski definition) is 0. The average Bonchev–Trinajstić information content (AvgIpc) is 1.90. The molecule has 0 aromatic heterocycles. The zero-order valence-corrected chi connectivity index (χ0v) is 4.59. The van der Waals surface area contributed by atoms with Crippen molar-refractivity contribution in [3.8, 4) is 0 Å². The van der Waals surface area contributed by atoms with E-state index < -0.39 is 0 Å². The summed E-state index contributed by atoms with van der Waals surface area (Å²) in [5.74, 6) is 0. The quantitative estimate of drug-likeness (QED) is 0.462. The maximum Gasteiger partial charge on any atom is 0.148 e. The van der Waals surface area contributed by atoms with Crippen LogP contribution in [0.1, 0.15) is 6.42 Å². The summed E-state index contributed by atoms with van der Waals surface area (Å²) < 4.78 is 4.97. The normalized spacial score (nSPS) is 19.8. The van der Waals surface area contributed by atoms with Crippen molar-refractivity contribution in [2.45, 2.75) is 6.42 Å². The van der Waals surface area contributed by atoms with Crippen LogP contribution in [0.15, 0.2) is 11.6 Å². The van der Waals surface area contributed by atoms with Crippen LogP contribution in [0.2, 0.25) is 0 Å². The number of aldehydes is 1. The van der Waals surface area contributed by atoms with Crippen molar-refractivity contribution in [2.75, 3.05) is 13.2 Å². The highest BCUT2D eigenvalue weighted by Crippen LogP contribution is 2.01. The molecule has 8 heavy (non-hydrogen) atoms. The molecule has 0 N–H and O–H groups in total. The second kappa shape index (κ2) is 2.62. The molecule has 0 amide bonds. The highest BCUT2D eigenvalue weighted by molar-refractivity contribution is 5.73. The summed E-state index contributed by atoms with van der Waals surface area (Å²) in [5, 5.41) is 0. The monoisotopic (exact) mass is 112 g/mol. The first kappa shape index (κ1) is 5.51. The van der Waals surface area contributed by atoms with E-state index in [4.69, 9.17) is 4.74 Å². The van der Waals surface area contributed by atoms with Crippen LogP contribution in [0.5, 0.6) is 0 Å². The van der Waals surface area contributed by atoms with Crippen LogP contribution in [-0.2, 0) is 9.53 Å². The molecule has 0 radical (unpaired) electrons. The second-order valence-corrected chi connectivity index (χ2v) is 1.74. The number of ether oxygens (including phenoxy) is 1. The number of carbonyl (C=O) groups excluding carboxylic acids is 1. The standard InChI is InChI=1S/C6H8O2/c7-4-6-2-1-3-8-5-6/h2,4H,1,3,5H2. The minimum absolute atomic E-state index is 0.503. The van der Waals surface area contributed by atoms with Crippen LogP contribution >= 0.6 is 0 Å². The molecule has 2 nitrogen and oxygen atoms in total. The van der Waals surface area contributed by atoms with Crippen LogP contribution in [0.25, 0.3) is 0 Å². The third-order valence-electron chi connectivity index (χ3n) is 1.09. The van der Waals surface area contributed by atoms with Crippen molar-refractivity contribution in [1.29, 1.82) is 0 Å². The Morgan fingerprint density at radius 3 is 3.00 bits per heavy atom. The second-order valence-electron chi connectivity index (χ2n) is 1.74. The van der Waals surface area contributed by atoms with Gasteiger partial charge < -0.3 is 4.74 Å². The molecule has 0 fully saturated rings. The van der Waals surface area contributed by atoms with Crippen LogP contribution in [0.3, 0.4) is 0 Å². The Bertz CT molecular complexity index is 116. The maximum absolute atomic E-state index is 10.0. The molecule has 1 aliphatic rings. The van der Waals surface area contributed by atoms with Gasteiger partial charge in [-0.3, -0.25) is 4.79 Å². The van der Waals surface area contributed by atoms with E-state index in [1.165, 1.54) is 0 Å². The lowest BCUT2D eigenvalue weighted by Crippen LogP contribution is -2.05. The van der Waals surface area contributed by atoms with E-state index in [2.05, 4.69) is 0 Å². The predicted molar refractivity (Wildman–Crippen MR) is 29.6 cm³/mol. The Hall–Kier alpha value is -0.630. The van der Waals surface area contributed by atoms with Gasteiger partial charge in [-0.2, -0.15) is 0 Å². The molecule has 0 saturated carbocycles. The zero-order valence-electron chi connectivity index (χ0n) is 4.59. The topological polar surface area (TPSA) is 26.3 Å². The molecule has 1 rings (SSSR count). The van der Waals surface area contributed by atoms with E-state index >= 15 is 0 Å². The fourth-order valence-corrected chi connectivity index (χ4v) is 0.659. The Morgan fingerprint density at radius 2 is 2.62 bits per heavy atom. The van der Waals surface area contributed by atoms with Gasteiger partial charge in [0.2, 0.25) is 0 Å². The van der Waals surface area contributed by atoms with Crippen molar-refractivity contribution in [2.24, 2.45) is 0 Å². The molecule has 0 saturated heterocycles. The molecule has 44 valence electrons. The molecule has 0 aromatic carbocycles. The van der Waals surface area contributed by atoms with Crippen molar-refractivity contribution in [3.05, 3.63) is 11.6 Å².